The molecule has 8 heteroatoms. The molecule has 4 N–H and O–H groups in total. The summed E-state index contributed by atoms with van der Waals surface area (Å²) in [7, 11) is 0. The lowest BCUT2D eigenvalue weighted by atomic mass is 10.3. The summed E-state index contributed by atoms with van der Waals surface area (Å²) in [6, 6.07) is 0. The van der Waals surface area contributed by atoms with Crippen LogP contribution in [-0.2, 0) is 0 Å². The van der Waals surface area contributed by atoms with Crippen LogP contribution in [-0.4, -0.2) is 32.9 Å². The van der Waals surface area contributed by atoms with Gasteiger partial charge in [0.1, 0.15) is 0 Å². The molecule has 0 spiro atoms. The SMILES string of the molecule is CCN/C=C(\C=N)Nc1nc(C)c2c(Cl)n[nH]c2n1. The van der Waals surface area contributed by atoms with Crippen molar-refractivity contribution < 1.29 is 0 Å². The summed E-state index contributed by atoms with van der Waals surface area (Å²) in [6.45, 7) is 4.57. The highest BCUT2D eigenvalue weighted by Gasteiger charge is 2.11. The second kappa shape index (κ2) is 5.66. The number of nitrogens with one attached hydrogen (secondary N) is 4. The third kappa shape index (κ3) is 2.82. The molecule has 0 aliphatic heterocycles. The first-order valence-electron chi connectivity index (χ1n) is 5.75. The average molecular weight is 280 g/mol. The number of aryl methyl sites for hydroxylation is 1. The third-order valence-electron chi connectivity index (χ3n) is 2.43. The molecule has 0 aromatic carbocycles. The topological polar surface area (TPSA) is 102 Å². The van der Waals surface area contributed by atoms with E-state index in [4.69, 9.17) is 17.0 Å². The van der Waals surface area contributed by atoms with Gasteiger partial charge in [-0.1, -0.05) is 11.6 Å². The van der Waals surface area contributed by atoms with Gasteiger partial charge >= 0.3 is 0 Å². The van der Waals surface area contributed by atoms with Crippen LogP contribution in [0, 0.1) is 12.3 Å². The van der Waals surface area contributed by atoms with Crippen molar-refractivity contribution in [3.8, 4) is 0 Å². The van der Waals surface area contributed by atoms with Crippen LogP contribution in [0.3, 0.4) is 0 Å². The van der Waals surface area contributed by atoms with Gasteiger partial charge < -0.3 is 16.0 Å². The minimum absolute atomic E-state index is 0.356. The van der Waals surface area contributed by atoms with Gasteiger partial charge in [0.25, 0.3) is 0 Å². The van der Waals surface area contributed by atoms with E-state index in [1.54, 1.807) is 6.20 Å². The Kier molecular flexibility index (Phi) is 3.96. The van der Waals surface area contributed by atoms with Gasteiger partial charge in [-0.15, -0.1) is 0 Å². The zero-order valence-electron chi connectivity index (χ0n) is 10.6. The van der Waals surface area contributed by atoms with Crippen LogP contribution >= 0.6 is 11.6 Å². The van der Waals surface area contributed by atoms with Crippen LogP contribution in [0.4, 0.5) is 5.95 Å². The highest BCUT2D eigenvalue weighted by Crippen LogP contribution is 2.22. The van der Waals surface area contributed by atoms with Gasteiger partial charge in [0, 0.05) is 19.0 Å². The lowest BCUT2D eigenvalue weighted by Gasteiger charge is -2.06. The predicted octanol–water partition coefficient (Wildman–Crippen LogP) is 1.83. The van der Waals surface area contributed by atoms with E-state index in [1.165, 1.54) is 6.21 Å². The van der Waals surface area contributed by atoms with E-state index in [0.717, 1.165) is 12.2 Å². The van der Waals surface area contributed by atoms with E-state index >= 15 is 0 Å². The van der Waals surface area contributed by atoms with Crippen LogP contribution in [0.25, 0.3) is 11.0 Å². The Bertz CT molecular complexity index is 631. The van der Waals surface area contributed by atoms with Crippen molar-refractivity contribution in [2.75, 3.05) is 11.9 Å². The van der Waals surface area contributed by atoms with Crippen molar-refractivity contribution >= 4 is 34.8 Å². The Morgan fingerprint density at radius 3 is 2.95 bits per heavy atom. The van der Waals surface area contributed by atoms with Crippen molar-refractivity contribution in [2.45, 2.75) is 13.8 Å². The molecule has 0 bridgehead atoms. The molecule has 0 atom stereocenters. The van der Waals surface area contributed by atoms with Crippen molar-refractivity contribution in [3.05, 3.63) is 22.7 Å². The normalized spacial score (nSPS) is 11.6. The number of allylic oxidation sites excluding steroid dienone is 1. The summed E-state index contributed by atoms with van der Waals surface area (Å²) in [5.74, 6) is 0.387. The van der Waals surface area contributed by atoms with Gasteiger partial charge in [0.05, 0.1) is 16.8 Å². The Hall–Kier alpha value is -2.15. The fraction of sp³-hybridized carbons (Fsp3) is 0.273. The molecule has 7 nitrogen and oxygen atoms in total. The second-order valence-corrected chi connectivity index (χ2v) is 4.16. The first-order valence-corrected chi connectivity index (χ1v) is 6.12. The number of rotatable bonds is 5. The maximum atomic E-state index is 7.32. The Morgan fingerprint density at radius 2 is 2.26 bits per heavy atom. The molecule has 2 heterocycles. The molecule has 100 valence electrons. The summed E-state index contributed by atoms with van der Waals surface area (Å²) in [4.78, 5) is 8.55. The van der Waals surface area contributed by atoms with Gasteiger partial charge in [0.15, 0.2) is 10.8 Å². The van der Waals surface area contributed by atoms with Crippen LogP contribution in [0.15, 0.2) is 11.9 Å². The standard InChI is InChI=1S/C11H14ClN7/c1-3-14-5-7(4-13)16-11-15-6(2)8-9(12)18-19-10(8)17-11/h4-5,13-14H,3H2,1-2H3,(H2,15,16,17,18,19)/b7-5+,13-4?. The van der Waals surface area contributed by atoms with E-state index in [9.17, 15) is 0 Å². The Balaban J connectivity index is 2.33. The number of H-pyrrole nitrogens is 1. The lowest BCUT2D eigenvalue weighted by Crippen LogP contribution is -2.11. The number of aromatic amines is 1. The zero-order chi connectivity index (χ0) is 13.8. The Labute approximate surface area is 115 Å². The van der Waals surface area contributed by atoms with Crippen LogP contribution in [0.1, 0.15) is 12.6 Å². The largest absolute Gasteiger partial charge is 0.389 e. The number of fused-ring (bicyclic) bond motifs is 1. The van der Waals surface area contributed by atoms with Crippen LogP contribution < -0.4 is 10.6 Å². The highest BCUT2D eigenvalue weighted by molar-refractivity contribution is 6.34. The molecule has 2 aromatic rings. The Morgan fingerprint density at radius 1 is 1.47 bits per heavy atom. The summed E-state index contributed by atoms with van der Waals surface area (Å²) in [6.07, 6.45) is 2.88. The molecule has 19 heavy (non-hydrogen) atoms. The molecule has 0 amide bonds. The van der Waals surface area contributed by atoms with E-state index in [-0.39, 0.29) is 0 Å². The lowest BCUT2D eigenvalue weighted by molar-refractivity contribution is 0.913. The number of aromatic nitrogens is 4. The maximum Gasteiger partial charge on any atom is 0.229 e. The molecule has 0 saturated heterocycles. The predicted molar refractivity (Wildman–Crippen MR) is 75.6 cm³/mol. The highest BCUT2D eigenvalue weighted by atomic mass is 35.5. The van der Waals surface area contributed by atoms with Gasteiger partial charge in [-0.2, -0.15) is 10.1 Å². The van der Waals surface area contributed by atoms with Crippen LogP contribution in [0.2, 0.25) is 5.15 Å². The van der Waals surface area contributed by atoms with E-state index < -0.39 is 0 Å². The van der Waals surface area contributed by atoms with Crippen molar-refractivity contribution in [1.29, 1.82) is 5.41 Å². The molecule has 2 aromatic heterocycles. The molecule has 0 saturated carbocycles. The van der Waals surface area contributed by atoms with Gasteiger partial charge in [0.2, 0.25) is 5.95 Å². The third-order valence-corrected chi connectivity index (χ3v) is 2.70. The van der Waals surface area contributed by atoms with Crippen molar-refractivity contribution in [3.63, 3.8) is 0 Å². The molecule has 0 fully saturated rings. The molecule has 0 aliphatic carbocycles. The second-order valence-electron chi connectivity index (χ2n) is 3.80. The minimum atomic E-state index is 0.356. The molecule has 0 unspecified atom stereocenters. The number of hydrogen-bond acceptors (Lipinski definition) is 6. The number of hydrogen-bond donors (Lipinski definition) is 4. The van der Waals surface area contributed by atoms with Gasteiger partial charge in [-0.25, -0.2) is 4.98 Å². The summed E-state index contributed by atoms with van der Waals surface area (Å²) in [5.41, 5.74) is 1.85. The van der Waals surface area contributed by atoms with Crippen LogP contribution in [0.5, 0.6) is 0 Å². The first kappa shape index (κ1) is 13.3. The quantitative estimate of drug-likeness (QED) is 0.625. The monoisotopic (exact) mass is 279 g/mol. The summed E-state index contributed by atoms with van der Waals surface area (Å²) < 4.78 is 0. The van der Waals surface area contributed by atoms with Crippen molar-refractivity contribution in [2.24, 2.45) is 0 Å². The molecule has 0 aliphatic rings. The summed E-state index contributed by atoms with van der Waals surface area (Å²) in [5, 5.41) is 21.0. The zero-order valence-corrected chi connectivity index (χ0v) is 11.3. The molecule has 2 rings (SSSR count). The van der Waals surface area contributed by atoms with E-state index in [0.29, 0.717) is 27.8 Å². The molecular weight excluding hydrogens is 266 g/mol. The minimum Gasteiger partial charge on any atom is -0.389 e. The fourth-order valence-electron chi connectivity index (χ4n) is 1.57. The number of anilines is 1. The number of halogens is 1. The smallest absolute Gasteiger partial charge is 0.229 e. The summed E-state index contributed by atoms with van der Waals surface area (Å²) >= 11 is 5.93. The van der Waals surface area contributed by atoms with Gasteiger partial charge in [-0.3, -0.25) is 5.10 Å². The van der Waals surface area contributed by atoms with Gasteiger partial charge in [-0.05, 0) is 13.8 Å². The molecular formula is C11H14ClN7. The van der Waals surface area contributed by atoms with E-state index in [1.807, 2.05) is 13.8 Å². The number of nitrogens with zero attached hydrogens (tertiary/aromatic N) is 3. The van der Waals surface area contributed by atoms with E-state index in [2.05, 4.69) is 30.8 Å². The average Bonchev–Trinajstić information content (AvgIpc) is 2.76. The fourth-order valence-corrected chi connectivity index (χ4v) is 1.84. The molecule has 0 radical (unpaired) electrons. The van der Waals surface area contributed by atoms with Crippen molar-refractivity contribution in [1.82, 2.24) is 25.5 Å². The maximum absolute atomic E-state index is 7.32. The first-order chi connectivity index (χ1) is 9.15.